The molecular formula is C9H7BrN2OS. The maximum atomic E-state index is 11.3. The Bertz CT molecular complexity index is 538. The lowest BCUT2D eigenvalue weighted by Gasteiger charge is -1.99. The van der Waals surface area contributed by atoms with Crippen LogP contribution in [0.25, 0.3) is 11.0 Å². The Kier molecular flexibility index (Phi) is 2.60. The fourth-order valence-corrected chi connectivity index (χ4v) is 1.88. The van der Waals surface area contributed by atoms with Crippen molar-refractivity contribution in [1.82, 2.24) is 9.97 Å². The predicted octanol–water partition coefficient (Wildman–Crippen LogP) is 2.41. The highest BCUT2D eigenvalue weighted by atomic mass is 79.9. The number of hydrogen-bond donors (Lipinski definition) is 1. The van der Waals surface area contributed by atoms with Gasteiger partial charge in [-0.15, -0.1) is 11.8 Å². The van der Waals surface area contributed by atoms with Crippen molar-refractivity contribution in [1.29, 1.82) is 0 Å². The van der Waals surface area contributed by atoms with E-state index in [-0.39, 0.29) is 5.56 Å². The molecule has 0 aliphatic carbocycles. The van der Waals surface area contributed by atoms with E-state index in [0.29, 0.717) is 10.1 Å². The number of aromatic nitrogens is 2. The predicted molar refractivity (Wildman–Crippen MR) is 61.8 cm³/mol. The maximum Gasteiger partial charge on any atom is 0.263 e. The first-order valence-electron chi connectivity index (χ1n) is 3.94. The molecule has 0 saturated heterocycles. The summed E-state index contributed by atoms with van der Waals surface area (Å²) in [5.41, 5.74) is 0.480. The van der Waals surface area contributed by atoms with E-state index < -0.39 is 0 Å². The fourth-order valence-electron chi connectivity index (χ4n) is 1.15. The summed E-state index contributed by atoms with van der Waals surface area (Å²) >= 11 is 4.72. The van der Waals surface area contributed by atoms with Gasteiger partial charge in [0.25, 0.3) is 5.56 Å². The van der Waals surface area contributed by atoms with Crippen LogP contribution in [0.5, 0.6) is 0 Å². The zero-order valence-electron chi connectivity index (χ0n) is 7.37. The molecule has 0 radical (unpaired) electrons. The number of halogens is 1. The van der Waals surface area contributed by atoms with Gasteiger partial charge >= 0.3 is 0 Å². The molecule has 0 aliphatic heterocycles. The summed E-state index contributed by atoms with van der Waals surface area (Å²) in [7, 11) is 0. The number of nitrogens with zero attached hydrogens (tertiary/aromatic N) is 1. The maximum absolute atomic E-state index is 11.3. The number of H-pyrrole nitrogens is 1. The molecule has 0 unspecified atom stereocenters. The van der Waals surface area contributed by atoms with Crippen LogP contribution >= 0.6 is 27.7 Å². The molecule has 0 amide bonds. The molecule has 3 nitrogen and oxygen atoms in total. The molecule has 1 N–H and O–H groups in total. The number of thioether (sulfide) groups is 1. The van der Waals surface area contributed by atoms with Gasteiger partial charge in [-0.05, 0) is 40.4 Å². The lowest BCUT2D eigenvalue weighted by atomic mass is 10.3. The van der Waals surface area contributed by atoms with Crippen LogP contribution in [0.1, 0.15) is 0 Å². The van der Waals surface area contributed by atoms with Gasteiger partial charge in [0.15, 0.2) is 0 Å². The highest BCUT2D eigenvalue weighted by Gasteiger charge is 2.01. The largest absolute Gasteiger partial charge is 0.306 e. The van der Waals surface area contributed by atoms with Gasteiger partial charge in [0.1, 0.15) is 5.65 Å². The molecule has 0 bridgehead atoms. The van der Waals surface area contributed by atoms with Crippen LogP contribution < -0.4 is 5.56 Å². The Hall–Kier alpha value is -0.810. The van der Waals surface area contributed by atoms with E-state index in [2.05, 4.69) is 25.9 Å². The van der Waals surface area contributed by atoms with E-state index in [0.717, 1.165) is 10.4 Å². The molecular weight excluding hydrogens is 264 g/mol. The van der Waals surface area contributed by atoms with Gasteiger partial charge in [0, 0.05) is 5.39 Å². The second-order valence-electron chi connectivity index (χ2n) is 2.74. The topological polar surface area (TPSA) is 45.8 Å². The van der Waals surface area contributed by atoms with Gasteiger partial charge in [-0.3, -0.25) is 4.79 Å². The van der Waals surface area contributed by atoms with Crippen molar-refractivity contribution in [3.63, 3.8) is 0 Å². The minimum Gasteiger partial charge on any atom is -0.306 e. The molecule has 14 heavy (non-hydrogen) atoms. The second kappa shape index (κ2) is 3.74. The van der Waals surface area contributed by atoms with Gasteiger partial charge in [0.2, 0.25) is 0 Å². The molecule has 72 valence electrons. The molecule has 0 aliphatic rings. The van der Waals surface area contributed by atoms with Crippen molar-refractivity contribution in [2.45, 2.75) is 5.03 Å². The first-order valence-corrected chi connectivity index (χ1v) is 5.96. The zero-order valence-corrected chi connectivity index (χ0v) is 9.78. The molecule has 5 heteroatoms. The number of nitrogens with one attached hydrogen (secondary N) is 1. The molecule has 2 aromatic heterocycles. The summed E-state index contributed by atoms with van der Waals surface area (Å²) in [5.74, 6) is 0. The molecule has 2 aromatic rings. The Morgan fingerprint density at radius 2 is 2.29 bits per heavy atom. The van der Waals surface area contributed by atoms with E-state index in [4.69, 9.17) is 0 Å². The monoisotopic (exact) mass is 270 g/mol. The summed E-state index contributed by atoms with van der Waals surface area (Å²) in [6.45, 7) is 0. The van der Waals surface area contributed by atoms with Gasteiger partial charge < -0.3 is 4.98 Å². The molecule has 2 rings (SSSR count). The van der Waals surface area contributed by atoms with Crippen molar-refractivity contribution in [2.75, 3.05) is 6.26 Å². The highest BCUT2D eigenvalue weighted by molar-refractivity contribution is 9.10. The third-order valence-corrected chi connectivity index (χ3v) is 3.08. The third kappa shape index (κ3) is 1.69. The van der Waals surface area contributed by atoms with Crippen molar-refractivity contribution in [2.24, 2.45) is 0 Å². The summed E-state index contributed by atoms with van der Waals surface area (Å²) in [6.07, 6.45) is 1.95. The quantitative estimate of drug-likeness (QED) is 0.810. The summed E-state index contributed by atoms with van der Waals surface area (Å²) < 4.78 is 0.531. The normalized spacial score (nSPS) is 10.7. The minimum absolute atomic E-state index is 0.150. The number of aromatic amines is 1. The molecule has 0 atom stereocenters. The van der Waals surface area contributed by atoms with E-state index in [1.165, 1.54) is 0 Å². The van der Waals surface area contributed by atoms with Crippen LogP contribution in [0, 0.1) is 0 Å². The second-order valence-corrected chi connectivity index (χ2v) is 4.42. The van der Waals surface area contributed by atoms with Gasteiger partial charge in [0.05, 0.1) is 9.50 Å². The van der Waals surface area contributed by atoms with E-state index in [1.54, 1.807) is 17.8 Å². The number of hydrogen-bond acceptors (Lipinski definition) is 3. The van der Waals surface area contributed by atoms with Crippen LogP contribution in [0.2, 0.25) is 0 Å². The number of fused-ring (bicyclic) bond motifs is 1. The first-order chi connectivity index (χ1) is 6.70. The molecule has 0 fully saturated rings. The SMILES string of the molecule is CSc1ccc2cc(Br)c(=O)[nH]c2n1. The van der Waals surface area contributed by atoms with Gasteiger partial charge in [-0.25, -0.2) is 4.98 Å². The smallest absolute Gasteiger partial charge is 0.263 e. The Labute approximate surface area is 93.1 Å². The molecule has 2 heterocycles. The summed E-state index contributed by atoms with van der Waals surface area (Å²) in [4.78, 5) is 18.3. The van der Waals surface area contributed by atoms with E-state index >= 15 is 0 Å². The van der Waals surface area contributed by atoms with Crippen LogP contribution in [-0.4, -0.2) is 16.2 Å². The molecule has 0 spiro atoms. The van der Waals surface area contributed by atoms with Crippen LogP contribution in [0.3, 0.4) is 0 Å². The average molecular weight is 271 g/mol. The summed E-state index contributed by atoms with van der Waals surface area (Å²) in [5, 5.41) is 1.82. The summed E-state index contributed by atoms with van der Waals surface area (Å²) in [6, 6.07) is 5.64. The lowest BCUT2D eigenvalue weighted by molar-refractivity contribution is 1.13. The third-order valence-electron chi connectivity index (χ3n) is 1.84. The fraction of sp³-hybridized carbons (Fsp3) is 0.111. The zero-order chi connectivity index (χ0) is 10.1. The Morgan fingerprint density at radius 3 is 3.00 bits per heavy atom. The van der Waals surface area contributed by atoms with Gasteiger partial charge in [-0.2, -0.15) is 0 Å². The van der Waals surface area contributed by atoms with E-state index in [9.17, 15) is 4.79 Å². The standard InChI is InChI=1S/C9H7BrN2OS/c1-14-7-3-2-5-4-6(10)9(13)12-8(5)11-7/h2-4H,1H3,(H,11,12,13). The van der Waals surface area contributed by atoms with Gasteiger partial charge in [-0.1, -0.05) is 0 Å². The van der Waals surface area contributed by atoms with Crippen molar-refractivity contribution < 1.29 is 0 Å². The van der Waals surface area contributed by atoms with Crippen molar-refractivity contribution >= 4 is 38.7 Å². The van der Waals surface area contributed by atoms with Crippen molar-refractivity contribution in [3.05, 3.63) is 33.0 Å². The Morgan fingerprint density at radius 1 is 1.50 bits per heavy atom. The lowest BCUT2D eigenvalue weighted by Crippen LogP contribution is -2.06. The van der Waals surface area contributed by atoms with E-state index in [1.807, 2.05) is 18.4 Å². The minimum atomic E-state index is -0.150. The highest BCUT2D eigenvalue weighted by Crippen LogP contribution is 2.17. The first kappa shape index (κ1) is 9.73. The Balaban J connectivity index is 2.77. The molecule has 0 aromatic carbocycles. The van der Waals surface area contributed by atoms with Crippen molar-refractivity contribution in [3.8, 4) is 0 Å². The van der Waals surface area contributed by atoms with Crippen LogP contribution in [0.15, 0.2) is 32.5 Å². The molecule has 0 saturated carbocycles. The number of rotatable bonds is 1. The average Bonchev–Trinajstić information content (AvgIpc) is 2.19. The van der Waals surface area contributed by atoms with Crippen LogP contribution in [-0.2, 0) is 0 Å². The van der Waals surface area contributed by atoms with Crippen LogP contribution in [0.4, 0.5) is 0 Å². The number of pyridine rings is 2.